The Balaban J connectivity index is 0.000000204. The number of para-hydroxylation sites is 1. The van der Waals surface area contributed by atoms with Gasteiger partial charge in [-0.3, -0.25) is 0 Å². The average Bonchev–Trinajstić information content (AvgIpc) is 3.35. The van der Waals surface area contributed by atoms with Crippen molar-refractivity contribution < 1.29 is 31.7 Å². The molecule has 0 aliphatic heterocycles. The molecule has 0 aliphatic rings. The maximum atomic E-state index is 14.0. The molecule has 6 aromatic rings. The van der Waals surface area contributed by atoms with E-state index in [1.165, 1.54) is 5.19 Å². The van der Waals surface area contributed by atoms with Gasteiger partial charge in [-0.1, -0.05) is 94.2 Å². The van der Waals surface area contributed by atoms with Gasteiger partial charge in [-0.05, 0) is 40.0 Å². The molecule has 0 fully saturated rings. The summed E-state index contributed by atoms with van der Waals surface area (Å²) in [5.74, 6) is -2.14. The van der Waals surface area contributed by atoms with Crippen LogP contribution in [0.2, 0.25) is 19.6 Å². The molecule has 43 heavy (non-hydrogen) atoms. The van der Waals surface area contributed by atoms with Crippen molar-refractivity contribution in [3.8, 4) is 22.5 Å². The van der Waals surface area contributed by atoms with Crippen LogP contribution in [-0.4, -0.2) is 18.0 Å². The number of hydrogen-bond acceptors (Lipinski definition) is 3. The van der Waals surface area contributed by atoms with E-state index >= 15 is 0 Å². The van der Waals surface area contributed by atoms with Gasteiger partial charge in [-0.15, -0.1) is 54.1 Å². The number of rotatable bonds is 5. The van der Waals surface area contributed by atoms with E-state index in [-0.39, 0.29) is 20.1 Å². The summed E-state index contributed by atoms with van der Waals surface area (Å²) < 4.78 is 36.6. The van der Waals surface area contributed by atoms with Crippen molar-refractivity contribution in [1.29, 1.82) is 0 Å². The number of fused-ring (bicyclic) bond motifs is 3. The van der Waals surface area contributed by atoms with Gasteiger partial charge in [-0.25, -0.2) is 4.39 Å². The number of nitrogens with zero attached hydrogens (tertiary/aromatic N) is 2. The summed E-state index contributed by atoms with van der Waals surface area (Å²) in [6, 6.07) is 29.5. The van der Waals surface area contributed by atoms with E-state index < -0.39 is 25.7 Å². The van der Waals surface area contributed by atoms with E-state index in [1.54, 1.807) is 19.9 Å². The van der Waals surface area contributed by atoms with Gasteiger partial charge in [0.05, 0.1) is 19.9 Å². The molecule has 0 amide bonds. The molecule has 0 aliphatic carbocycles. The minimum atomic E-state index is -1.50. The van der Waals surface area contributed by atoms with Crippen molar-refractivity contribution in [3.05, 3.63) is 114 Å². The number of hydrogen-bond donors (Lipinski definition) is 0. The Labute approximate surface area is 271 Å². The number of pyridine rings is 2. The molecule has 3 aromatic heterocycles. The van der Waals surface area contributed by atoms with Crippen LogP contribution < -0.4 is 5.19 Å². The minimum absolute atomic E-state index is 0. The molecule has 3 nitrogen and oxygen atoms in total. The van der Waals surface area contributed by atoms with Gasteiger partial charge in [0.25, 0.3) is 0 Å². The van der Waals surface area contributed by atoms with E-state index in [1.807, 2.05) is 80.7 Å². The van der Waals surface area contributed by atoms with Crippen molar-refractivity contribution in [2.24, 2.45) is 0 Å². The van der Waals surface area contributed by atoms with Crippen LogP contribution in [0.4, 0.5) is 4.39 Å². The van der Waals surface area contributed by atoms with Crippen molar-refractivity contribution in [2.45, 2.75) is 59.1 Å². The number of aromatic nitrogens is 2. The van der Waals surface area contributed by atoms with Gasteiger partial charge in [0, 0.05) is 34.4 Å². The quantitative estimate of drug-likeness (QED) is 0.130. The van der Waals surface area contributed by atoms with Crippen LogP contribution in [0.5, 0.6) is 0 Å². The molecular formula is C37H37FIrN2OSi-2. The molecule has 0 N–H and O–H groups in total. The molecule has 0 spiro atoms. The fourth-order valence-corrected chi connectivity index (χ4v) is 6.59. The Morgan fingerprint density at radius 2 is 1.47 bits per heavy atom. The molecule has 0 bridgehead atoms. The summed E-state index contributed by atoms with van der Waals surface area (Å²) >= 11 is 0. The zero-order chi connectivity index (χ0) is 31.9. The van der Waals surface area contributed by atoms with Gasteiger partial charge in [-0.2, -0.15) is 0 Å². The largest absolute Gasteiger partial charge is 0.501 e. The Morgan fingerprint density at radius 1 is 0.791 bits per heavy atom. The first-order valence-electron chi connectivity index (χ1n) is 15.1. The van der Waals surface area contributed by atoms with Gasteiger partial charge < -0.3 is 14.4 Å². The second kappa shape index (κ2) is 13.5. The van der Waals surface area contributed by atoms with E-state index in [0.717, 1.165) is 39.4 Å². The third kappa shape index (κ3) is 7.04. The summed E-state index contributed by atoms with van der Waals surface area (Å²) in [7, 11) is -1.50. The van der Waals surface area contributed by atoms with Crippen LogP contribution >= 0.6 is 0 Å². The van der Waals surface area contributed by atoms with Gasteiger partial charge in [0.15, 0.2) is 0 Å². The zero-order valence-electron chi connectivity index (χ0n) is 27.6. The smallest absolute Gasteiger partial charge is 0.143 e. The molecule has 0 unspecified atom stereocenters. The maximum absolute atomic E-state index is 14.0. The fraction of sp³-hybridized carbons (Fsp3) is 0.243. The Kier molecular flexibility index (Phi) is 9.27. The Bertz CT molecular complexity index is 1940. The average molecular weight is 767 g/mol. The van der Waals surface area contributed by atoms with Gasteiger partial charge in [0.1, 0.15) is 11.4 Å². The number of benzene rings is 3. The molecule has 0 saturated carbocycles. The first-order chi connectivity index (χ1) is 20.6. The van der Waals surface area contributed by atoms with Crippen molar-refractivity contribution in [1.82, 2.24) is 9.97 Å². The standard InChI is InChI=1S/C20H15FNO.C17H22NSi.Ir/c1-12(2)16-10-18(22-11-17(16)21)15-8-5-7-14-13-6-3-4-9-19(13)23-20(14)15;1-13(2)15-11-16(14-9-7-6-8-10-14)18-12-17(15)19(3,4)5;/h3-7,9-12H,1-2H3;6-9,11-13H,1-5H3;/q2*-1;/i12D;13D;. The summed E-state index contributed by atoms with van der Waals surface area (Å²) in [5.41, 5.74) is 5.98. The topological polar surface area (TPSA) is 38.9 Å². The van der Waals surface area contributed by atoms with Gasteiger partial charge in [0.2, 0.25) is 0 Å². The van der Waals surface area contributed by atoms with E-state index in [2.05, 4.69) is 47.8 Å². The first-order valence-corrected chi connectivity index (χ1v) is 17.6. The maximum Gasteiger partial charge on any atom is 0.143 e. The molecule has 0 atom stereocenters. The molecule has 6 rings (SSSR count). The predicted octanol–water partition coefficient (Wildman–Crippen LogP) is 9.93. The summed E-state index contributed by atoms with van der Waals surface area (Å²) in [6.45, 7) is 14.1. The first kappa shape index (κ1) is 29.6. The zero-order valence-corrected chi connectivity index (χ0v) is 29.0. The van der Waals surface area contributed by atoms with Crippen LogP contribution in [0.25, 0.3) is 44.5 Å². The number of halogens is 1. The van der Waals surface area contributed by atoms with Crippen molar-refractivity contribution >= 4 is 35.2 Å². The van der Waals surface area contributed by atoms with Crippen LogP contribution in [0, 0.1) is 17.9 Å². The van der Waals surface area contributed by atoms with E-state index in [9.17, 15) is 4.39 Å². The van der Waals surface area contributed by atoms with Crippen LogP contribution in [0.1, 0.15) is 53.4 Å². The molecule has 3 heterocycles. The fourth-order valence-electron chi connectivity index (χ4n) is 5.01. The summed E-state index contributed by atoms with van der Waals surface area (Å²) in [5, 5.41) is 3.26. The van der Waals surface area contributed by atoms with E-state index in [4.69, 9.17) is 7.16 Å². The second-order valence-corrected chi connectivity index (χ2v) is 16.9. The Hall–Kier alpha value is -3.44. The predicted molar refractivity (Wildman–Crippen MR) is 175 cm³/mol. The molecule has 1 radical (unpaired) electrons. The molecular weight excluding hydrogens is 728 g/mol. The molecule has 6 heteroatoms. The third-order valence-electron chi connectivity index (χ3n) is 7.22. The summed E-state index contributed by atoms with van der Waals surface area (Å²) in [6.07, 6.45) is 3.14. The third-order valence-corrected chi connectivity index (χ3v) is 9.24. The second-order valence-electron chi connectivity index (χ2n) is 11.9. The Morgan fingerprint density at radius 3 is 2.14 bits per heavy atom. The van der Waals surface area contributed by atoms with Gasteiger partial charge >= 0.3 is 0 Å². The summed E-state index contributed by atoms with van der Waals surface area (Å²) in [4.78, 5) is 8.80. The van der Waals surface area contributed by atoms with Crippen LogP contribution in [-0.2, 0) is 20.1 Å². The minimum Gasteiger partial charge on any atom is -0.501 e. The molecule has 3 aromatic carbocycles. The van der Waals surface area contributed by atoms with Crippen molar-refractivity contribution in [2.75, 3.05) is 0 Å². The van der Waals surface area contributed by atoms with Crippen molar-refractivity contribution in [3.63, 3.8) is 0 Å². The van der Waals surface area contributed by atoms with Crippen LogP contribution in [0.15, 0.2) is 89.6 Å². The molecule has 0 saturated heterocycles. The van der Waals surface area contributed by atoms with Crippen LogP contribution in [0.3, 0.4) is 0 Å². The van der Waals surface area contributed by atoms with E-state index in [0.29, 0.717) is 22.4 Å². The number of furan rings is 1. The monoisotopic (exact) mass is 767 g/mol. The molecule has 223 valence electrons. The SMILES string of the molecule is [2H]C(C)(C)c1cc(-c2[c-]ccc3c2oc2ccccc23)ncc1F.[2H]C(C)(C)c1cc(-c2[c-]cccc2)ncc1[Si](C)(C)C.[Ir]. The normalized spacial score (nSPS) is 12.7.